The Kier molecular flexibility index (Phi) is 5.73. The predicted molar refractivity (Wildman–Crippen MR) is 132 cm³/mol. The number of para-hydroxylation sites is 1. The Morgan fingerprint density at radius 1 is 0.935 bits per heavy atom. The molecule has 3 aromatic rings. The van der Waals surface area contributed by atoms with Gasteiger partial charge in [-0.1, -0.05) is 92.2 Å². The van der Waals surface area contributed by atoms with E-state index in [2.05, 4.69) is 77.8 Å². The van der Waals surface area contributed by atoms with E-state index in [0.29, 0.717) is 5.92 Å². The molecule has 0 aromatic heterocycles. The molecule has 1 aliphatic carbocycles. The average molecular weight is 429 g/mol. The molecule has 0 radical (unpaired) electrons. The van der Waals surface area contributed by atoms with Gasteiger partial charge in [0.25, 0.3) is 5.91 Å². The number of fused-ring (bicyclic) bond motifs is 1. The number of nitrogens with zero attached hydrogens (tertiary/aromatic N) is 1. The van der Waals surface area contributed by atoms with Crippen LogP contribution >= 0.6 is 11.8 Å². The van der Waals surface area contributed by atoms with Gasteiger partial charge in [0.15, 0.2) is 5.50 Å². The van der Waals surface area contributed by atoms with Gasteiger partial charge in [-0.15, -0.1) is 0 Å². The molecule has 1 aliphatic heterocycles. The van der Waals surface area contributed by atoms with Crippen molar-refractivity contribution >= 4 is 40.2 Å². The highest BCUT2D eigenvalue weighted by molar-refractivity contribution is 8.05. The molecule has 1 heterocycles. The van der Waals surface area contributed by atoms with Crippen LogP contribution in [0.5, 0.6) is 0 Å². The van der Waals surface area contributed by atoms with Crippen LogP contribution in [0.1, 0.15) is 38.2 Å². The molecule has 31 heavy (non-hydrogen) atoms. The highest BCUT2D eigenvalue weighted by Gasteiger charge is 2.42. The minimum Gasteiger partial charge on any atom is -0.356 e. The second-order valence-corrected chi connectivity index (χ2v) is 9.72. The van der Waals surface area contributed by atoms with Crippen molar-refractivity contribution in [2.45, 2.75) is 44.1 Å². The van der Waals surface area contributed by atoms with Gasteiger partial charge in [0.2, 0.25) is 0 Å². The van der Waals surface area contributed by atoms with Crippen LogP contribution in [0.15, 0.2) is 77.7 Å². The number of hydrogen-bond donors (Lipinski definition) is 1. The van der Waals surface area contributed by atoms with E-state index >= 15 is 0 Å². The summed E-state index contributed by atoms with van der Waals surface area (Å²) >= 11 is 1.65. The normalized spacial score (nSPS) is 25.3. The minimum atomic E-state index is -0.0818. The third-order valence-electron chi connectivity index (χ3n) is 6.53. The zero-order valence-electron chi connectivity index (χ0n) is 17.8. The molecule has 1 amide bonds. The lowest BCUT2D eigenvalue weighted by Crippen LogP contribution is -2.48. The van der Waals surface area contributed by atoms with Crippen molar-refractivity contribution in [1.29, 1.82) is 0 Å². The Bertz CT molecular complexity index is 1110. The van der Waals surface area contributed by atoms with Crippen LogP contribution in [0.4, 0.5) is 5.69 Å². The van der Waals surface area contributed by atoms with Crippen LogP contribution in [0.2, 0.25) is 0 Å². The number of carbonyl (C=O) groups excluding carboxylic acids is 1. The minimum absolute atomic E-state index is 0.0818. The smallest absolute Gasteiger partial charge is 0.262 e. The SMILES string of the molecule is C[C@H]1CCCC[C@H]1N1C(=O)/C(=C/c2cccc3ccccc23)SC1Nc1ccccc1. The summed E-state index contributed by atoms with van der Waals surface area (Å²) in [6.45, 7) is 2.30. The van der Waals surface area contributed by atoms with Gasteiger partial charge < -0.3 is 10.2 Å². The number of benzene rings is 3. The van der Waals surface area contributed by atoms with Gasteiger partial charge >= 0.3 is 0 Å². The molecule has 158 valence electrons. The topological polar surface area (TPSA) is 32.3 Å². The van der Waals surface area contributed by atoms with E-state index in [0.717, 1.165) is 22.6 Å². The van der Waals surface area contributed by atoms with E-state index in [4.69, 9.17) is 0 Å². The van der Waals surface area contributed by atoms with Gasteiger partial charge in [0.05, 0.1) is 4.91 Å². The molecule has 4 heteroatoms. The first-order chi connectivity index (χ1) is 15.2. The van der Waals surface area contributed by atoms with Crippen molar-refractivity contribution in [1.82, 2.24) is 4.90 Å². The first kappa shape index (κ1) is 20.2. The quantitative estimate of drug-likeness (QED) is 0.468. The highest BCUT2D eigenvalue weighted by atomic mass is 32.2. The van der Waals surface area contributed by atoms with Crippen molar-refractivity contribution in [3.63, 3.8) is 0 Å². The second-order valence-electron chi connectivity index (χ2n) is 8.60. The zero-order chi connectivity index (χ0) is 21.2. The van der Waals surface area contributed by atoms with Crippen LogP contribution < -0.4 is 5.32 Å². The third-order valence-corrected chi connectivity index (χ3v) is 7.65. The van der Waals surface area contributed by atoms with E-state index in [-0.39, 0.29) is 17.4 Å². The Hall–Kier alpha value is -2.72. The molecule has 1 N–H and O–H groups in total. The first-order valence-electron chi connectivity index (χ1n) is 11.2. The van der Waals surface area contributed by atoms with Gasteiger partial charge in [-0.2, -0.15) is 0 Å². The molecule has 1 unspecified atom stereocenters. The van der Waals surface area contributed by atoms with E-state index in [1.807, 2.05) is 18.2 Å². The number of rotatable bonds is 4. The first-order valence-corrected chi connectivity index (χ1v) is 12.1. The molecule has 0 bridgehead atoms. The molecule has 1 saturated heterocycles. The fourth-order valence-corrected chi connectivity index (χ4v) is 6.09. The molecular formula is C27H28N2OS. The third kappa shape index (κ3) is 4.09. The van der Waals surface area contributed by atoms with Gasteiger partial charge in [-0.3, -0.25) is 4.79 Å². The molecule has 5 rings (SSSR count). The molecule has 0 spiro atoms. The fraction of sp³-hybridized carbons (Fsp3) is 0.296. The van der Waals surface area contributed by atoms with Crippen LogP contribution in [0.3, 0.4) is 0 Å². The van der Waals surface area contributed by atoms with Gasteiger partial charge in [-0.25, -0.2) is 0 Å². The maximum Gasteiger partial charge on any atom is 0.262 e. The number of amides is 1. The monoisotopic (exact) mass is 428 g/mol. The molecule has 1 saturated carbocycles. The molecular weight excluding hydrogens is 400 g/mol. The Morgan fingerprint density at radius 2 is 1.68 bits per heavy atom. The summed E-state index contributed by atoms with van der Waals surface area (Å²) in [7, 11) is 0. The van der Waals surface area contributed by atoms with Crippen LogP contribution in [0.25, 0.3) is 16.8 Å². The summed E-state index contributed by atoms with van der Waals surface area (Å²) in [6.07, 6.45) is 6.83. The molecule has 3 atom stereocenters. The summed E-state index contributed by atoms with van der Waals surface area (Å²) in [6, 6.07) is 25.2. The van der Waals surface area contributed by atoms with E-state index in [9.17, 15) is 4.79 Å². The van der Waals surface area contributed by atoms with Crippen LogP contribution in [-0.2, 0) is 4.79 Å². The zero-order valence-corrected chi connectivity index (χ0v) is 18.6. The predicted octanol–water partition coefficient (Wildman–Crippen LogP) is 6.73. The number of anilines is 1. The summed E-state index contributed by atoms with van der Waals surface area (Å²) in [5.74, 6) is 0.681. The van der Waals surface area contributed by atoms with Gasteiger partial charge in [0.1, 0.15) is 0 Å². The maximum atomic E-state index is 13.7. The lowest BCUT2D eigenvalue weighted by atomic mass is 9.85. The molecule has 3 aromatic carbocycles. The molecule has 3 nitrogen and oxygen atoms in total. The lowest BCUT2D eigenvalue weighted by Gasteiger charge is -2.39. The van der Waals surface area contributed by atoms with Crippen molar-refractivity contribution in [3.05, 3.63) is 83.3 Å². The van der Waals surface area contributed by atoms with Gasteiger partial charge in [-0.05, 0) is 53.3 Å². The Labute approximate surface area is 188 Å². The lowest BCUT2D eigenvalue weighted by molar-refractivity contribution is -0.129. The Morgan fingerprint density at radius 3 is 2.52 bits per heavy atom. The van der Waals surface area contributed by atoms with E-state index < -0.39 is 0 Å². The summed E-state index contributed by atoms with van der Waals surface area (Å²) in [5.41, 5.74) is 2.07. The molecule has 2 aliphatic rings. The second kappa shape index (κ2) is 8.80. The van der Waals surface area contributed by atoms with Crippen molar-refractivity contribution in [3.8, 4) is 0 Å². The Balaban J connectivity index is 1.51. The fourth-order valence-electron chi connectivity index (χ4n) is 4.88. The number of hydrogen-bond acceptors (Lipinski definition) is 3. The standard InChI is InChI=1S/C27H28N2OS/c1-19-10-5-8-17-24(19)29-26(30)25(31-27(29)28-22-14-3-2-4-15-22)18-21-13-9-12-20-11-6-7-16-23(20)21/h2-4,6-7,9,11-16,18-19,24,27-28H,5,8,10,17H2,1H3/b25-18-/t19-,24+,27?/m0/s1. The highest BCUT2D eigenvalue weighted by Crippen LogP contribution is 2.42. The van der Waals surface area contributed by atoms with Crippen molar-refractivity contribution in [2.75, 3.05) is 5.32 Å². The van der Waals surface area contributed by atoms with E-state index in [1.165, 1.54) is 30.0 Å². The summed E-state index contributed by atoms with van der Waals surface area (Å²) in [4.78, 5) is 16.6. The molecule has 2 fully saturated rings. The average Bonchev–Trinajstić information content (AvgIpc) is 3.09. The summed E-state index contributed by atoms with van der Waals surface area (Å²) < 4.78 is 0. The number of carbonyl (C=O) groups is 1. The number of nitrogens with one attached hydrogen (secondary N) is 1. The van der Waals surface area contributed by atoms with Crippen molar-refractivity contribution < 1.29 is 4.79 Å². The van der Waals surface area contributed by atoms with Crippen molar-refractivity contribution in [2.24, 2.45) is 5.92 Å². The van der Waals surface area contributed by atoms with Crippen LogP contribution in [-0.4, -0.2) is 22.3 Å². The largest absolute Gasteiger partial charge is 0.356 e. The van der Waals surface area contributed by atoms with E-state index in [1.54, 1.807) is 11.8 Å². The van der Waals surface area contributed by atoms with Gasteiger partial charge in [0, 0.05) is 11.7 Å². The number of thioether (sulfide) groups is 1. The van der Waals surface area contributed by atoms with Crippen LogP contribution in [0, 0.1) is 5.92 Å². The summed E-state index contributed by atoms with van der Waals surface area (Å²) in [5, 5.41) is 6.00. The maximum absolute atomic E-state index is 13.7.